The van der Waals surface area contributed by atoms with Gasteiger partial charge in [-0.05, 0) is 31.7 Å². The van der Waals surface area contributed by atoms with Crippen molar-refractivity contribution in [3.05, 3.63) is 35.4 Å². The largest absolute Gasteiger partial charge is 0.297 e. The SMILES string of the molecule is Cc1cnn(C2CCN(Cc3cnn4c3CCC4)C2)c1. The molecule has 1 atom stereocenters. The first-order valence-electron chi connectivity index (χ1n) is 7.56. The molecule has 106 valence electrons. The van der Waals surface area contributed by atoms with Gasteiger partial charge >= 0.3 is 0 Å². The van der Waals surface area contributed by atoms with E-state index in [-0.39, 0.29) is 0 Å². The van der Waals surface area contributed by atoms with Crippen LogP contribution in [-0.4, -0.2) is 37.6 Å². The van der Waals surface area contributed by atoms with Gasteiger partial charge in [-0.3, -0.25) is 14.3 Å². The quantitative estimate of drug-likeness (QED) is 0.854. The van der Waals surface area contributed by atoms with Crippen LogP contribution in [0.3, 0.4) is 0 Å². The zero-order chi connectivity index (χ0) is 13.5. The number of fused-ring (bicyclic) bond motifs is 1. The molecule has 5 heteroatoms. The van der Waals surface area contributed by atoms with E-state index in [2.05, 4.69) is 43.8 Å². The van der Waals surface area contributed by atoms with Crippen LogP contribution in [0.15, 0.2) is 18.6 Å². The van der Waals surface area contributed by atoms with E-state index in [4.69, 9.17) is 0 Å². The van der Waals surface area contributed by atoms with E-state index in [1.807, 2.05) is 6.20 Å². The Kier molecular flexibility index (Phi) is 2.88. The van der Waals surface area contributed by atoms with Crippen molar-refractivity contribution in [2.45, 2.75) is 45.3 Å². The molecule has 1 saturated heterocycles. The highest BCUT2D eigenvalue weighted by atomic mass is 15.3. The third-order valence-corrected chi connectivity index (χ3v) is 4.56. The van der Waals surface area contributed by atoms with Crippen LogP contribution in [0.1, 0.15) is 35.7 Å². The summed E-state index contributed by atoms with van der Waals surface area (Å²) in [5, 5.41) is 8.95. The van der Waals surface area contributed by atoms with E-state index in [0.29, 0.717) is 6.04 Å². The maximum atomic E-state index is 4.49. The molecule has 20 heavy (non-hydrogen) atoms. The molecule has 5 nitrogen and oxygen atoms in total. The number of hydrogen-bond acceptors (Lipinski definition) is 3. The van der Waals surface area contributed by atoms with E-state index in [1.165, 1.54) is 36.1 Å². The Morgan fingerprint density at radius 3 is 3.05 bits per heavy atom. The second kappa shape index (κ2) is 4.74. The first kappa shape index (κ1) is 12.1. The topological polar surface area (TPSA) is 38.9 Å². The van der Waals surface area contributed by atoms with E-state index >= 15 is 0 Å². The fourth-order valence-electron chi connectivity index (χ4n) is 3.51. The maximum Gasteiger partial charge on any atom is 0.0658 e. The smallest absolute Gasteiger partial charge is 0.0658 e. The summed E-state index contributed by atoms with van der Waals surface area (Å²) in [5.74, 6) is 0. The molecule has 1 fully saturated rings. The van der Waals surface area contributed by atoms with Gasteiger partial charge in [-0.15, -0.1) is 0 Å². The molecule has 2 aromatic rings. The fourth-order valence-corrected chi connectivity index (χ4v) is 3.51. The average molecular weight is 271 g/mol. The molecule has 4 rings (SSSR count). The summed E-state index contributed by atoms with van der Waals surface area (Å²) < 4.78 is 4.32. The number of aryl methyl sites for hydroxylation is 2. The van der Waals surface area contributed by atoms with Crippen molar-refractivity contribution in [3.63, 3.8) is 0 Å². The third kappa shape index (κ3) is 2.06. The standard InChI is InChI=1S/C15H21N5/c1-12-7-16-20(9-12)14-4-6-18(11-14)10-13-8-17-19-5-2-3-15(13)19/h7-9,14H,2-6,10-11H2,1H3. The predicted octanol–water partition coefficient (Wildman–Crippen LogP) is 1.78. The van der Waals surface area contributed by atoms with E-state index in [0.717, 1.165) is 26.2 Å². The van der Waals surface area contributed by atoms with Gasteiger partial charge in [0.05, 0.1) is 18.4 Å². The van der Waals surface area contributed by atoms with Crippen molar-refractivity contribution in [1.82, 2.24) is 24.5 Å². The van der Waals surface area contributed by atoms with E-state index in [9.17, 15) is 0 Å². The number of nitrogens with zero attached hydrogens (tertiary/aromatic N) is 5. The normalized spacial score (nSPS) is 22.6. The van der Waals surface area contributed by atoms with Crippen LogP contribution >= 0.6 is 0 Å². The predicted molar refractivity (Wildman–Crippen MR) is 76.4 cm³/mol. The van der Waals surface area contributed by atoms with Crippen molar-refractivity contribution < 1.29 is 0 Å². The van der Waals surface area contributed by atoms with Crippen molar-refractivity contribution in [1.29, 1.82) is 0 Å². The van der Waals surface area contributed by atoms with Crippen molar-refractivity contribution in [2.24, 2.45) is 0 Å². The fraction of sp³-hybridized carbons (Fsp3) is 0.600. The molecule has 1 unspecified atom stereocenters. The van der Waals surface area contributed by atoms with Gasteiger partial charge in [-0.25, -0.2) is 0 Å². The van der Waals surface area contributed by atoms with Gasteiger partial charge in [-0.2, -0.15) is 10.2 Å². The molecule has 2 aliphatic heterocycles. The van der Waals surface area contributed by atoms with Crippen molar-refractivity contribution in [2.75, 3.05) is 13.1 Å². The molecular formula is C15H21N5. The van der Waals surface area contributed by atoms with Crippen LogP contribution in [0.4, 0.5) is 0 Å². The van der Waals surface area contributed by atoms with Crippen LogP contribution in [0.2, 0.25) is 0 Å². The van der Waals surface area contributed by atoms with Gasteiger partial charge in [0.1, 0.15) is 0 Å². The highest BCUT2D eigenvalue weighted by molar-refractivity contribution is 5.20. The Hall–Kier alpha value is -1.62. The van der Waals surface area contributed by atoms with Crippen LogP contribution in [0.5, 0.6) is 0 Å². The average Bonchev–Trinajstić information content (AvgIpc) is 3.16. The Labute approximate surface area is 119 Å². The second-order valence-electron chi connectivity index (χ2n) is 6.12. The van der Waals surface area contributed by atoms with Crippen LogP contribution < -0.4 is 0 Å². The molecule has 0 radical (unpaired) electrons. The van der Waals surface area contributed by atoms with Crippen LogP contribution in [0, 0.1) is 6.92 Å². The van der Waals surface area contributed by atoms with Gasteiger partial charge in [0.25, 0.3) is 0 Å². The lowest BCUT2D eigenvalue weighted by Gasteiger charge is -2.16. The molecule has 0 spiro atoms. The maximum absolute atomic E-state index is 4.49. The summed E-state index contributed by atoms with van der Waals surface area (Å²) in [7, 11) is 0. The summed E-state index contributed by atoms with van der Waals surface area (Å²) in [5.41, 5.74) is 4.14. The Morgan fingerprint density at radius 2 is 2.20 bits per heavy atom. The molecule has 2 aromatic heterocycles. The van der Waals surface area contributed by atoms with Crippen LogP contribution in [-0.2, 0) is 19.5 Å². The Bertz CT molecular complexity index is 612. The minimum absolute atomic E-state index is 0.535. The first-order valence-corrected chi connectivity index (χ1v) is 7.56. The Balaban J connectivity index is 1.43. The van der Waals surface area contributed by atoms with Gasteiger partial charge in [-0.1, -0.05) is 0 Å². The summed E-state index contributed by atoms with van der Waals surface area (Å²) in [4.78, 5) is 2.54. The van der Waals surface area contributed by atoms with Gasteiger partial charge in [0.2, 0.25) is 0 Å². The molecule has 2 aliphatic rings. The van der Waals surface area contributed by atoms with Crippen molar-refractivity contribution in [3.8, 4) is 0 Å². The molecular weight excluding hydrogens is 250 g/mol. The zero-order valence-electron chi connectivity index (χ0n) is 12.0. The molecule has 0 bridgehead atoms. The number of hydrogen-bond donors (Lipinski definition) is 0. The van der Waals surface area contributed by atoms with Crippen LogP contribution in [0.25, 0.3) is 0 Å². The lowest BCUT2D eigenvalue weighted by molar-refractivity contribution is 0.311. The van der Waals surface area contributed by atoms with Gasteiger partial charge < -0.3 is 0 Å². The third-order valence-electron chi connectivity index (χ3n) is 4.56. The molecule has 0 aliphatic carbocycles. The van der Waals surface area contributed by atoms with E-state index in [1.54, 1.807) is 0 Å². The Morgan fingerprint density at radius 1 is 1.25 bits per heavy atom. The minimum atomic E-state index is 0.535. The minimum Gasteiger partial charge on any atom is -0.297 e. The van der Waals surface area contributed by atoms with Crippen molar-refractivity contribution >= 4 is 0 Å². The number of rotatable bonds is 3. The summed E-state index contributed by atoms with van der Waals surface area (Å²) in [6.45, 7) is 6.52. The lowest BCUT2D eigenvalue weighted by Crippen LogP contribution is -2.21. The first-order chi connectivity index (χ1) is 9.79. The lowest BCUT2D eigenvalue weighted by atomic mass is 10.2. The van der Waals surface area contributed by atoms with Gasteiger partial charge in [0.15, 0.2) is 0 Å². The van der Waals surface area contributed by atoms with Gasteiger partial charge in [0, 0.05) is 43.6 Å². The second-order valence-corrected chi connectivity index (χ2v) is 6.12. The summed E-state index contributed by atoms with van der Waals surface area (Å²) >= 11 is 0. The molecule has 0 aromatic carbocycles. The number of aromatic nitrogens is 4. The zero-order valence-corrected chi connectivity index (χ0v) is 12.0. The summed E-state index contributed by atoms with van der Waals surface area (Å²) in [6, 6.07) is 0.535. The van der Waals surface area contributed by atoms with E-state index < -0.39 is 0 Å². The molecule has 4 heterocycles. The highest BCUT2D eigenvalue weighted by Gasteiger charge is 2.26. The monoisotopic (exact) mass is 271 g/mol. The number of likely N-dealkylation sites (tertiary alicyclic amines) is 1. The highest BCUT2D eigenvalue weighted by Crippen LogP contribution is 2.25. The molecule has 0 amide bonds. The molecule has 0 N–H and O–H groups in total. The summed E-state index contributed by atoms with van der Waals surface area (Å²) in [6.07, 6.45) is 9.83. The molecule has 0 saturated carbocycles.